The highest BCUT2D eigenvalue weighted by Crippen LogP contribution is 2.24. The highest BCUT2D eigenvalue weighted by molar-refractivity contribution is 7.09. The third-order valence-electron chi connectivity index (χ3n) is 3.63. The minimum absolute atomic E-state index is 0.278. The molecule has 2 heterocycles. The first kappa shape index (κ1) is 16.9. The molecule has 0 saturated heterocycles. The van der Waals surface area contributed by atoms with Crippen molar-refractivity contribution in [3.05, 3.63) is 84.6 Å². The smallest absolute Gasteiger partial charge is 0.258 e. The molecule has 1 amide bonds. The van der Waals surface area contributed by atoms with Crippen molar-refractivity contribution in [1.82, 2.24) is 14.3 Å². The Bertz CT molecular complexity index is 1050. The number of benzene rings is 2. The highest BCUT2D eigenvalue weighted by atomic mass is 32.1. The Morgan fingerprint density at radius 1 is 0.963 bits per heavy atom. The Hall–Kier alpha value is -3.58. The van der Waals surface area contributed by atoms with Gasteiger partial charge in [0.1, 0.15) is 10.8 Å². The van der Waals surface area contributed by atoms with E-state index in [-0.39, 0.29) is 11.9 Å². The maximum Gasteiger partial charge on any atom is 0.258 e. The topological polar surface area (TPSA) is 77.0 Å². The largest absolute Gasteiger partial charge is 0.439 e. The molecule has 0 aliphatic rings. The van der Waals surface area contributed by atoms with Crippen LogP contribution in [0.1, 0.15) is 10.4 Å². The third-order valence-corrected chi connectivity index (χ3v) is 4.39. The van der Waals surface area contributed by atoms with Gasteiger partial charge in [-0.1, -0.05) is 42.5 Å². The third kappa shape index (κ3) is 4.16. The summed E-state index contributed by atoms with van der Waals surface area (Å²) >= 11 is 1.24. The number of pyridine rings is 1. The Balaban J connectivity index is 1.47. The number of anilines is 1. The van der Waals surface area contributed by atoms with E-state index in [2.05, 4.69) is 19.7 Å². The van der Waals surface area contributed by atoms with Gasteiger partial charge in [0.05, 0.1) is 0 Å². The molecule has 0 atom stereocenters. The molecule has 132 valence electrons. The lowest BCUT2D eigenvalue weighted by molar-refractivity contribution is 0.102. The standard InChI is InChI=1S/C20H14N4O2S/c25-18(22-20-23-19(27-24-20)14-7-2-1-3-8-14)15-9-6-10-16(13-15)26-17-11-4-5-12-21-17/h1-13H,(H,22,24,25). The molecule has 2 aromatic heterocycles. The zero-order valence-electron chi connectivity index (χ0n) is 14.1. The summed E-state index contributed by atoms with van der Waals surface area (Å²) in [5.74, 6) is 0.958. The average Bonchev–Trinajstić information content (AvgIpc) is 3.18. The number of hydrogen-bond acceptors (Lipinski definition) is 6. The maximum absolute atomic E-state index is 12.5. The molecule has 0 aliphatic carbocycles. The van der Waals surface area contributed by atoms with Crippen LogP contribution in [0.15, 0.2) is 79.0 Å². The molecule has 0 aliphatic heterocycles. The maximum atomic E-state index is 12.5. The molecule has 2 aromatic carbocycles. The molecule has 6 nitrogen and oxygen atoms in total. The second-order valence-corrected chi connectivity index (χ2v) is 6.29. The molecule has 1 N–H and O–H groups in total. The molecule has 0 saturated carbocycles. The van der Waals surface area contributed by atoms with Crippen molar-refractivity contribution in [2.24, 2.45) is 0 Å². The summed E-state index contributed by atoms with van der Waals surface area (Å²) < 4.78 is 9.87. The second-order valence-electron chi connectivity index (χ2n) is 5.54. The summed E-state index contributed by atoms with van der Waals surface area (Å²) in [6.45, 7) is 0. The lowest BCUT2D eigenvalue weighted by atomic mass is 10.2. The van der Waals surface area contributed by atoms with Crippen LogP contribution >= 0.6 is 11.5 Å². The zero-order chi connectivity index (χ0) is 18.5. The first-order valence-electron chi connectivity index (χ1n) is 8.17. The van der Waals surface area contributed by atoms with E-state index >= 15 is 0 Å². The molecule has 0 radical (unpaired) electrons. The molecule has 0 unspecified atom stereocenters. The minimum Gasteiger partial charge on any atom is -0.439 e. The number of carbonyl (C=O) groups is 1. The van der Waals surface area contributed by atoms with Crippen LogP contribution in [-0.4, -0.2) is 20.2 Å². The molecule has 0 spiro atoms. The summed E-state index contributed by atoms with van der Waals surface area (Å²) in [5, 5.41) is 3.47. The zero-order valence-corrected chi connectivity index (χ0v) is 14.9. The number of aromatic nitrogens is 3. The van der Waals surface area contributed by atoms with Gasteiger partial charge in [-0.15, -0.1) is 0 Å². The van der Waals surface area contributed by atoms with Crippen LogP contribution in [0.3, 0.4) is 0 Å². The molecule has 7 heteroatoms. The first-order chi connectivity index (χ1) is 13.3. The lowest BCUT2D eigenvalue weighted by Crippen LogP contribution is -2.12. The van der Waals surface area contributed by atoms with Crippen LogP contribution in [-0.2, 0) is 0 Å². The Morgan fingerprint density at radius 3 is 2.63 bits per heavy atom. The van der Waals surface area contributed by atoms with Crippen molar-refractivity contribution >= 4 is 23.4 Å². The predicted molar refractivity (Wildman–Crippen MR) is 104 cm³/mol. The van der Waals surface area contributed by atoms with Gasteiger partial charge in [-0.3, -0.25) is 10.1 Å². The van der Waals surface area contributed by atoms with Crippen LogP contribution < -0.4 is 10.1 Å². The van der Waals surface area contributed by atoms with Crippen LogP contribution in [0.2, 0.25) is 0 Å². The van der Waals surface area contributed by atoms with Gasteiger partial charge < -0.3 is 4.74 Å². The van der Waals surface area contributed by atoms with Crippen molar-refractivity contribution < 1.29 is 9.53 Å². The molecule has 4 aromatic rings. The van der Waals surface area contributed by atoms with E-state index in [9.17, 15) is 4.79 Å². The second kappa shape index (κ2) is 7.76. The summed E-state index contributed by atoms with van der Waals surface area (Å²) in [5.41, 5.74) is 1.40. The van der Waals surface area contributed by atoms with Crippen LogP contribution in [0.25, 0.3) is 10.6 Å². The van der Waals surface area contributed by atoms with E-state index in [1.54, 1.807) is 42.6 Å². The van der Waals surface area contributed by atoms with E-state index in [1.807, 2.05) is 36.4 Å². The summed E-state index contributed by atoms with van der Waals surface area (Å²) in [4.78, 5) is 21.0. The van der Waals surface area contributed by atoms with Gasteiger partial charge in [0.15, 0.2) is 0 Å². The SMILES string of the molecule is O=C(Nc1nsc(-c2ccccc2)n1)c1cccc(Oc2ccccn2)c1. The average molecular weight is 374 g/mol. The van der Waals surface area contributed by atoms with Crippen molar-refractivity contribution in [2.75, 3.05) is 5.32 Å². The van der Waals surface area contributed by atoms with E-state index < -0.39 is 0 Å². The predicted octanol–water partition coefficient (Wildman–Crippen LogP) is 4.64. The van der Waals surface area contributed by atoms with Crippen molar-refractivity contribution in [1.29, 1.82) is 0 Å². The summed E-state index contributed by atoms with van der Waals surface area (Å²) in [6.07, 6.45) is 1.64. The van der Waals surface area contributed by atoms with Gasteiger partial charge in [-0.25, -0.2) is 4.98 Å². The number of amides is 1. The van der Waals surface area contributed by atoms with Crippen LogP contribution in [0.4, 0.5) is 5.95 Å². The van der Waals surface area contributed by atoms with Gasteiger partial charge in [0, 0.05) is 23.4 Å². The van der Waals surface area contributed by atoms with Crippen LogP contribution in [0.5, 0.6) is 11.6 Å². The monoisotopic (exact) mass is 374 g/mol. The molecule has 27 heavy (non-hydrogen) atoms. The Kier molecular flexibility index (Phi) is 4.84. The number of ether oxygens (including phenoxy) is 1. The van der Waals surface area contributed by atoms with E-state index in [0.717, 1.165) is 10.6 Å². The number of nitrogens with one attached hydrogen (secondary N) is 1. The Labute approximate surface area is 159 Å². The quantitative estimate of drug-likeness (QED) is 0.550. The highest BCUT2D eigenvalue weighted by Gasteiger charge is 2.12. The van der Waals surface area contributed by atoms with E-state index in [1.165, 1.54) is 11.5 Å². The molecule has 0 fully saturated rings. The van der Waals surface area contributed by atoms with Crippen molar-refractivity contribution in [3.8, 4) is 22.2 Å². The van der Waals surface area contributed by atoms with Gasteiger partial charge >= 0.3 is 0 Å². The number of rotatable bonds is 5. The van der Waals surface area contributed by atoms with E-state index in [0.29, 0.717) is 17.2 Å². The van der Waals surface area contributed by atoms with E-state index in [4.69, 9.17) is 4.74 Å². The first-order valence-corrected chi connectivity index (χ1v) is 8.95. The molecule has 4 rings (SSSR count). The normalized spacial score (nSPS) is 10.4. The minimum atomic E-state index is -0.307. The van der Waals surface area contributed by atoms with Crippen molar-refractivity contribution in [2.45, 2.75) is 0 Å². The van der Waals surface area contributed by atoms with Crippen molar-refractivity contribution in [3.63, 3.8) is 0 Å². The van der Waals surface area contributed by atoms with Gasteiger partial charge in [-0.2, -0.15) is 9.36 Å². The summed E-state index contributed by atoms with van der Waals surface area (Å²) in [7, 11) is 0. The molecular formula is C20H14N4O2S. The van der Waals surface area contributed by atoms with Crippen LogP contribution in [0, 0.1) is 0 Å². The number of nitrogens with zero attached hydrogens (tertiary/aromatic N) is 3. The molecular weight excluding hydrogens is 360 g/mol. The van der Waals surface area contributed by atoms with Gasteiger partial charge in [-0.05, 0) is 35.8 Å². The summed E-state index contributed by atoms with van der Waals surface area (Å²) in [6, 6.07) is 21.9. The van der Waals surface area contributed by atoms with Gasteiger partial charge in [0.2, 0.25) is 11.8 Å². The fourth-order valence-corrected chi connectivity index (χ4v) is 3.00. The number of hydrogen-bond donors (Lipinski definition) is 1. The Morgan fingerprint density at radius 2 is 1.81 bits per heavy atom. The fourth-order valence-electron chi connectivity index (χ4n) is 2.37. The fraction of sp³-hybridized carbons (Fsp3) is 0. The molecule has 0 bridgehead atoms. The number of carbonyl (C=O) groups excluding carboxylic acids is 1. The van der Waals surface area contributed by atoms with Gasteiger partial charge in [0.25, 0.3) is 5.91 Å². The lowest BCUT2D eigenvalue weighted by Gasteiger charge is -2.06.